The Balaban J connectivity index is 2.25. The minimum atomic E-state index is -3.19. The molecule has 0 aliphatic carbocycles. The second kappa shape index (κ2) is 4.62. The number of nitrogens with one attached hydrogen (secondary N) is 1. The summed E-state index contributed by atoms with van der Waals surface area (Å²) in [4.78, 5) is 4.28. The highest BCUT2D eigenvalue weighted by Crippen LogP contribution is 2.30. The van der Waals surface area contributed by atoms with Crippen LogP contribution in [-0.2, 0) is 15.3 Å². The van der Waals surface area contributed by atoms with Crippen LogP contribution < -0.4 is 5.32 Å². The standard InChI is InChI=1S/C11H19N3O3S/c1-8(18(3,15)16)9-13-10(17-14-9)11(2)5-4-6-12-7-11/h8,12H,4-7H2,1-3H3. The van der Waals surface area contributed by atoms with Gasteiger partial charge in [-0.3, -0.25) is 0 Å². The van der Waals surface area contributed by atoms with Crippen LogP contribution in [0.4, 0.5) is 0 Å². The Morgan fingerprint density at radius 2 is 2.22 bits per heavy atom. The van der Waals surface area contributed by atoms with Gasteiger partial charge in [0.15, 0.2) is 15.7 Å². The van der Waals surface area contributed by atoms with E-state index in [0.717, 1.165) is 25.9 Å². The molecule has 0 bridgehead atoms. The third-order valence-corrected chi connectivity index (χ3v) is 5.06. The van der Waals surface area contributed by atoms with E-state index in [-0.39, 0.29) is 11.2 Å². The number of piperidine rings is 1. The summed E-state index contributed by atoms with van der Waals surface area (Å²) in [6, 6.07) is 0. The Morgan fingerprint density at radius 1 is 1.50 bits per heavy atom. The van der Waals surface area contributed by atoms with Gasteiger partial charge >= 0.3 is 0 Å². The van der Waals surface area contributed by atoms with Gasteiger partial charge in [-0.2, -0.15) is 4.98 Å². The molecule has 2 heterocycles. The minimum Gasteiger partial charge on any atom is -0.339 e. The van der Waals surface area contributed by atoms with E-state index >= 15 is 0 Å². The normalized spacial score (nSPS) is 27.1. The Kier molecular flexibility index (Phi) is 3.46. The van der Waals surface area contributed by atoms with Gasteiger partial charge in [-0.1, -0.05) is 5.16 Å². The SMILES string of the molecule is CC(c1noc(C2(C)CCCNC2)n1)S(C)(=O)=O. The van der Waals surface area contributed by atoms with Crippen molar-refractivity contribution in [3.8, 4) is 0 Å². The zero-order chi connectivity index (χ0) is 13.4. The predicted octanol–water partition coefficient (Wildman–Crippen LogP) is 0.816. The topological polar surface area (TPSA) is 85.1 Å². The molecule has 1 aliphatic rings. The molecular weight excluding hydrogens is 254 g/mol. The van der Waals surface area contributed by atoms with E-state index in [4.69, 9.17) is 4.52 Å². The average Bonchev–Trinajstić information content (AvgIpc) is 2.77. The molecule has 102 valence electrons. The first-order valence-electron chi connectivity index (χ1n) is 6.07. The summed E-state index contributed by atoms with van der Waals surface area (Å²) in [5, 5.41) is 6.38. The van der Waals surface area contributed by atoms with E-state index in [1.54, 1.807) is 6.92 Å². The summed E-state index contributed by atoms with van der Waals surface area (Å²) in [5.41, 5.74) is -0.194. The third kappa shape index (κ3) is 2.56. The second-order valence-electron chi connectivity index (χ2n) is 5.27. The molecule has 7 heteroatoms. The van der Waals surface area contributed by atoms with Gasteiger partial charge in [-0.05, 0) is 33.2 Å². The molecule has 0 saturated carbocycles. The number of hydrogen-bond donors (Lipinski definition) is 1. The van der Waals surface area contributed by atoms with Crippen molar-refractivity contribution in [2.45, 2.75) is 37.4 Å². The largest absolute Gasteiger partial charge is 0.339 e. The van der Waals surface area contributed by atoms with Crippen LogP contribution in [0.5, 0.6) is 0 Å². The molecule has 0 radical (unpaired) electrons. The van der Waals surface area contributed by atoms with E-state index < -0.39 is 15.1 Å². The summed E-state index contributed by atoms with van der Waals surface area (Å²) in [6.45, 7) is 5.41. The fourth-order valence-corrected chi connectivity index (χ4v) is 2.55. The number of aromatic nitrogens is 2. The molecule has 0 aromatic carbocycles. The van der Waals surface area contributed by atoms with Crippen LogP contribution in [0.25, 0.3) is 0 Å². The fourth-order valence-electron chi connectivity index (χ4n) is 2.08. The van der Waals surface area contributed by atoms with Gasteiger partial charge in [0, 0.05) is 12.8 Å². The van der Waals surface area contributed by atoms with Crippen molar-refractivity contribution in [3.63, 3.8) is 0 Å². The van der Waals surface area contributed by atoms with E-state index in [0.29, 0.717) is 5.89 Å². The maximum absolute atomic E-state index is 11.5. The smallest absolute Gasteiger partial charge is 0.233 e. The highest BCUT2D eigenvalue weighted by Gasteiger charge is 2.35. The zero-order valence-corrected chi connectivity index (χ0v) is 11.7. The van der Waals surface area contributed by atoms with Crippen LogP contribution in [0.2, 0.25) is 0 Å². The molecule has 1 saturated heterocycles. The van der Waals surface area contributed by atoms with Crippen LogP contribution in [0, 0.1) is 0 Å². The van der Waals surface area contributed by atoms with E-state index in [1.807, 2.05) is 0 Å². The first-order chi connectivity index (χ1) is 8.33. The maximum atomic E-state index is 11.5. The van der Waals surface area contributed by atoms with Crippen LogP contribution in [0.3, 0.4) is 0 Å². The first kappa shape index (κ1) is 13.5. The second-order valence-corrected chi connectivity index (χ2v) is 7.64. The molecular formula is C11H19N3O3S. The molecule has 0 spiro atoms. The van der Waals surface area contributed by atoms with Crippen molar-refractivity contribution < 1.29 is 12.9 Å². The molecule has 6 nitrogen and oxygen atoms in total. The van der Waals surface area contributed by atoms with Gasteiger partial charge in [0.05, 0.1) is 5.41 Å². The third-order valence-electron chi connectivity index (χ3n) is 3.56. The fraction of sp³-hybridized carbons (Fsp3) is 0.818. The van der Waals surface area contributed by atoms with Crippen molar-refractivity contribution in [2.75, 3.05) is 19.3 Å². The summed E-state index contributed by atoms with van der Waals surface area (Å²) in [7, 11) is -3.19. The van der Waals surface area contributed by atoms with Crippen LogP contribution >= 0.6 is 0 Å². The lowest BCUT2D eigenvalue weighted by molar-refractivity contribution is 0.244. The Morgan fingerprint density at radius 3 is 2.78 bits per heavy atom. The highest BCUT2D eigenvalue weighted by atomic mass is 32.2. The van der Waals surface area contributed by atoms with Crippen molar-refractivity contribution in [1.29, 1.82) is 0 Å². The lowest BCUT2D eigenvalue weighted by atomic mass is 9.83. The number of hydrogen-bond acceptors (Lipinski definition) is 6. The molecule has 2 unspecified atom stereocenters. The van der Waals surface area contributed by atoms with Gasteiger partial charge < -0.3 is 9.84 Å². The number of rotatable bonds is 3. The molecule has 18 heavy (non-hydrogen) atoms. The molecule has 2 atom stereocenters. The van der Waals surface area contributed by atoms with Crippen molar-refractivity contribution in [2.24, 2.45) is 0 Å². The number of nitrogens with zero attached hydrogens (tertiary/aromatic N) is 2. The lowest BCUT2D eigenvalue weighted by Crippen LogP contribution is -2.41. The minimum absolute atomic E-state index is 0.194. The summed E-state index contributed by atoms with van der Waals surface area (Å²) < 4.78 is 28.2. The van der Waals surface area contributed by atoms with Gasteiger partial charge in [0.2, 0.25) is 5.89 Å². The van der Waals surface area contributed by atoms with Gasteiger partial charge in [0.1, 0.15) is 5.25 Å². The molecule has 1 aromatic rings. The summed E-state index contributed by atoms with van der Waals surface area (Å²) in [5.74, 6) is 0.777. The Labute approximate surface area is 107 Å². The maximum Gasteiger partial charge on any atom is 0.233 e. The first-order valence-corrected chi connectivity index (χ1v) is 8.02. The van der Waals surface area contributed by atoms with Gasteiger partial charge in [-0.15, -0.1) is 0 Å². The van der Waals surface area contributed by atoms with Gasteiger partial charge in [0.25, 0.3) is 0 Å². The monoisotopic (exact) mass is 273 g/mol. The van der Waals surface area contributed by atoms with Gasteiger partial charge in [-0.25, -0.2) is 8.42 Å². The Bertz CT molecular complexity index is 517. The molecule has 1 fully saturated rings. The molecule has 1 aromatic heterocycles. The van der Waals surface area contributed by atoms with E-state index in [9.17, 15) is 8.42 Å². The van der Waals surface area contributed by atoms with E-state index in [1.165, 1.54) is 6.26 Å². The Hall–Kier alpha value is -0.950. The van der Waals surface area contributed by atoms with Crippen LogP contribution in [0.15, 0.2) is 4.52 Å². The average molecular weight is 273 g/mol. The quantitative estimate of drug-likeness (QED) is 0.877. The molecule has 0 amide bonds. The molecule has 1 N–H and O–H groups in total. The van der Waals surface area contributed by atoms with E-state index in [2.05, 4.69) is 22.4 Å². The number of sulfone groups is 1. The molecule has 1 aliphatic heterocycles. The molecule has 2 rings (SSSR count). The summed E-state index contributed by atoms with van der Waals surface area (Å²) >= 11 is 0. The predicted molar refractivity (Wildman–Crippen MR) is 67.0 cm³/mol. The van der Waals surface area contributed by atoms with Crippen molar-refractivity contribution in [1.82, 2.24) is 15.5 Å². The lowest BCUT2D eigenvalue weighted by Gasteiger charge is -2.30. The van der Waals surface area contributed by atoms with Crippen LogP contribution in [0.1, 0.15) is 43.7 Å². The van der Waals surface area contributed by atoms with Crippen molar-refractivity contribution in [3.05, 3.63) is 11.7 Å². The summed E-state index contributed by atoms with van der Waals surface area (Å²) in [6.07, 6.45) is 3.20. The zero-order valence-electron chi connectivity index (χ0n) is 10.9. The van der Waals surface area contributed by atoms with Crippen LogP contribution in [-0.4, -0.2) is 37.9 Å². The van der Waals surface area contributed by atoms with Crippen molar-refractivity contribution >= 4 is 9.84 Å². The highest BCUT2D eigenvalue weighted by molar-refractivity contribution is 7.90.